The number of aromatic amines is 1. The number of fused-ring (bicyclic) bond motifs is 1. The Bertz CT molecular complexity index is 796. The Balaban J connectivity index is 2.20. The van der Waals surface area contributed by atoms with Gasteiger partial charge < -0.3 is 20.7 Å². The fraction of sp³-hybridized carbons (Fsp3) is 0.545. The first-order valence-electron chi connectivity index (χ1n) is 6.36. The van der Waals surface area contributed by atoms with Crippen LogP contribution < -0.4 is 16.2 Å². The summed E-state index contributed by atoms with van der Waals surface area (Å²) >= 11 is 0.686. The van der Waals surface area contributed by atoms with E-state index >= 15 is 0 Å². The molecule has 0 spiro atoms. The van der Waals surface area contributed by atoms with Crippen LogP contribution in [-0.2, 0) is 4.74 Å². The Hall–Kier alpha value is -1.75. The number of H-pyrrole nitrogens is 1. The Labute approximate surface area is 121 Å². The molecule has 3 rings (SSSR count). The highest BCUT2D eigenvalue weighted by molar-refractivity contribution is 7.16. The van der Waals surface area contributed by atoms with Gasteiger partial charge in [0, 0.05) is 0 Å². The van der Waals surface area contributed by atoms with Crippen LogP contribution in [0.25, 0.3) is 10.3 Å². The fourth-order valence-electron chi connectivity index (χ4n) is 2.45. The van der Waals surface area contributed by atoms with Crippen molar-refractivity contribution in [3.05, 3.63) is 20.0 Å². The van der Waals surface area contributed by atoms with E-state index in [1.54, 1.807) is 6.92 Å². The summed E-state index contributed by atoms with van der Waals surface area (Å²) in [7, 11) is 0. The van der Waals surface area contributed by atoms with Gasteiger partial charge in [0.2, 0.25) is 5.95 Å². The minimum absolute atomic E-state index is 0.0410. The zero-order chi connectivity index (χ0) is 15.3. The van der Waals surface area contributed by atoms with Gasteiger partial charge in [-0.05, 0) is 6.42 Å². The van der Waals surface area contributed by atoms with Crippen molar-refractivity contribution in [1.82, 2.24) is 14.5 Å². The number of nitrogens with one attached hydrogen (secondary N) is 1. The molecule has 0 saturated carbocycles. The molecule has 1 aliphatic heterocycles. The predicted octanol–water partition coefficient (Wildman–Crippen LogP) is -1.24. The second-order valence-corrected chi connectivity index (χ2v) is 5.76. The molecule has 0 bridgehead atoms. The molecule has 0 amide bonds. The van der Waals surface area contributed by atoms with Crippen LogP contribution in [0.3, 0.4) is 0 Å². The third kappa shape index (κ3) is 2.07. The second kappa shape index (κ2) is 4.91. The van der Waals surface area contributed by atoms with Crippen LogP contribution in [0.15, 0.2) is 9.59 Å². The zero-order valence-electron chi connectivity index (χ0n) is 11.0. The van der Waals surface area contributed by atoms with Crippen LogP contribution in [0.4, 0.5) is 5.95 Å². The van der Waals surface area contributed by atoms with E-state index in [1.807, 2.05) is 0 Å². The minimum atomic E-state index is -1.28. The molecule has 4 atom stereocenters. The van der Waals surface area contributed by atoms with Crippen LogP contribution in [0.5, 0.6) is 0 Å². The van der Waals surface area contributed by atoms with Crippen LogP contribution in [-0.4, -0.2) is 43.1 Å². The van der Waals surface area contributed by atoms with Gasteiger partial charge in [-0.25, -0.2) is 0 Å². The minimum Gasteiger partial charge on any atom is -0.388 e. The van der Waals surface area contributed by atoms with Crippen LogP contribution in [0, 0.1) is 0 Å². The molecule has 0 radical (unpaired) electrons. The lowest BCUT2D eigenvalue weighted by molar-refractivity contribution is -0.0365. The summed E-state index contributed by atoms with van der Waals surface area (Å²) in [6.45, 7) is 1.79. The Morgan fingerprint density at radius 3 is 2.76 bits per heavy atom. The molecule has 0 aromatic carbocycles. The summed E-state index contributed by atoms with van der Waals surface area (Å²) in [5.41, 5.74) is 5.00. The number of nitrogens with two attached hydrogens (primary N) is 1. The number of aromatic nitrogens is 3. The van der Waals surface area contributed by atoms with E-state index in [9.17, 15) is 19.8 Å². The molecule has 9 nitrogen and oxygen atoms in total. The molecule has 1 saturated heterocycles. The summed E-state index contributed by atoms with van der Waals surface area (Å²) in [5.74, 6) is -0.140. The van der Waals surface area contributed by atoms with E-state index in [0.717, 1.165) is 4.57 Å². The van der Waals surface area contributed by atoms with E-state index in [1.165, 1.54) is 0 Å². The molecular weight excluding hydrogens is 300 g/mol. The molecule has 2 aromatic heterocycles. The number of anilines is 1. The topological polar surface area (TPSA) is 143 Å². The van der Waals surface area contributed by atoms with Crippen LogP contribution >= 0.6 is 11.3 Å². The van der Waals surface area contributed by atoms with Crippen molar-refractivity contribution in [2.45, 2.75) is 37.9 Å². The standard InChI is InChI=1S/C11H14N4O5S/c1-2-3-4(16)5(17)9(20-3)15-7-6(21-11(15)19)8(18)14-10(12)13-7/h3-5,9,16-17H,2H2,1H3,(H3,12,13,14,18). The van der Waals surface area contributed by atoms with Gasteiger partial charge in [-0.2, -0.15) is 4.98 Å². The highest BCUT2D eigenvalue weighted by Crippen LogP contribution is 2.32. The Kier molecular flexibility index (Phi) is 3.32. The number of nitrogen functional groups attached to an aromatic ring is 1. The van der Waals surface area contributed by atoms with Crippen LogP contribution in [0.2, 0.25) is 0 Å². The molecule has 114 valence electrons. The lowest BCUT2D eigenvalue weighted by Gasteiger charge is -2.15. The smallest absolute Gasteiger partial charge is 0.311 e. The maximum atomic E-state index is 12.1. The summed E-state index contributed by atoms with van der Waals surface area (Å²) < 4.78 is 6.69. The number of nitrogens with zero attached hydrogens (tertiary/aromatic N) is 2. The number of aliphatic hydroxyl groups excluding tert-OH is 2. The number of hydrogen-bond donors (Lipinski definition) is 4. The average Bonchev–Trinajstić information content (AvgIpc) is 2.89. The van der Waals surface area contributed by atoms with Gasteiger partial charge in [0.1, 0.15) is 16.9 Å². The van der Waals surface area contributed by atoms with Crippen molar-refractivity contribution in [3.63, 3.8) is 0 Å². The molecule has 5 N–H and O–H groups in total. The molecule has 0 aliphatic carbocycles. The zero-order valence-corrected chi connectivity index (χ0v) is 11.8. The SMILES string of the molecule is CCC1OC(n2c(=O)sc3c(=O)[nH]c(N)nc32)C(O)C1O. The van der Waals surface area contributed by atoms with E-state index in [-0.39, 0.29) is 16.3 Å². The largest absolute Gasteiger partial charge is 0.388 e. The van der Waals surface area contributed by atoms with Crippen molar-refractivity contribution in [2.75, 3.05) is 5.73 Å². The third-order valence-electron chi connectivity index (χ3n) is 3.49. The summed E-state index contributed by atoms with van der Waals surface area (Å²) in [4.78, 5) is 29.6. The van der Waals surface area contributed by atoms with Crippen molar-refractivity contribution < 1.29 is 14.9 Å². The fourth-order valence-corrected chi connectivity index (χ4v) is 3.29. The molecule has 4 unspecified atom stereocenters. The van der Waals surface area contributed by atoms with Crippen molar-refractivity contribution in [2.24, 2.45) is 0 Å². The van der Waals surface area contributed by atoms with Gasteiger partial charge in [-0.1, -0.05) is 18.3 Å². The van der Waals surface area contributed by atoms with Gasteiger partial charge in [-0.15, -0.1) is 0 Å². The lowest BCUT2D eigenvalue weighted by atomic mass is 10.1. The maximum absolute atomic E-state index is 12.1. The summed E-state index contributed by atoms with van der Waals surface area (Å²) in [6.07, 6.45) is -3.61. The van der Waals surface area contributed by atoms with Crippen molar-refractivity contribution >= 4 is 27.6 Å². The second-order valence-electron chi connectivity index (χ2n) is 4.80. The van der Waals surface area contributed by atoms with Gasteiger partial charge in [0.15, 0.2) is 11.9 Å². The molecular formula is C11H14N4O5S. The molecule has 2 aromatic rings. The van der Waals surface area contributed by atoms with Gasteiger partial charge in [-0.3, -0.25) is 19.1 Å². The monoisotopic (exact) mass is 314 g/mol. The molecule has 10 heteroatoms. The van der Waals surface area contributed by atoms with E-state index in [2.05, 4.69) is 9.97 Å². The maximum Gasteiger partial charge on any atom is 0.311 e. The first kappa shape index (κ1) is 14.2. The number of hydrogen-bond acceptors (Lipinski definition) is 8. The Morgan fingerprint density at radius 2 is 2.14 bits per heavy atom. The number of rotatable bonds is 2. The third-order valence-corrected chi connectivity index (χ3v) is 4.43. The van der Waals surface area contributed by atoms with Crippen LogP contribution in [0.1, 0.15) is 19.6 Å². The molecule has 21 heavy (non-hydrogen) atoms. The molecule has 1 aliphatic rings. The van der Waals surface area contributed by atoms with Crippen molar-refractivity contribution in [3.8, 4) is 0 Å². The first-order valence-corrected chi connectivity index (χ1v) is 7.18. The van der Waals surface area contributed by atoms with E-state index in [0.29, 0.717) is 17.8 Å². The van der Waals surface area contributed by atoms with E-state index < -0.39 is 35.0 Å². The summed E-state index contributed by atoms with van der Waals surface area (Å²) in [6, 6.07) is 0. The van der Waals surface area contributed by atoms with Crippen molar-refractivity contribution in [1.29, 1.82) is 0 Å². The lowest BCUT2D eigenvalue weighted by Crippen LogP contribution is -2.33. The highest BCUT2D eigenvalue weighted by atomic mass is 32.1. The average molecular weight is 314 g/mol. The number of aliphatic hydroxyl groups is 2. The highest BCUT2D eigenvalue weighted by Gasteiger charge is 2.44. The first-order chi connectivity index (χ1) is 9.93. The Morgan fingerprint density at radius 1 is 1.43 bits per heavy atom. The normalized spacial score (nSPS) is 29.3. The predicted molar refractivity (Wildman–Crippen MR) is 75.1 cm³/mol. The summed E-state index contributed by atoms with van der Waals surface area (Å²) in [5, 5.41) is 20.0. The number of ether oxygens (including phenoxy) is 1. The quantitative estimate of drug-likeness (QED) is 0.542. The van der Waals surface area contributed by atoms with Gasteiger partial charge in [0.05, 0.1) is 6.10 Å². The number of thiazole rings is 1. The van der Waals surface area contributed by atoms with E-state index in [4.69, 9.17) is 10.5 Å². The van der Waals surface area contributed by atoms with Gasteiger partial charge in [0.25, 0.3) is 5.56 Å². The van der Waals surface area contributed by atoms with Gasteiger partial charge >= 0.3 is 4.87 Å². The molecule has 3 heterocycles. The molecule has 1 fully saturated rings.